The smallest absolute Gasteiger partial charge is 0.227 e. The lowest BCUT2D eigenvalue weighted by molar-refractivity contribution is -0.121. The lowest BCUT2D eigenvalue weighted by atomic mass is 9.89. The summed E-state index contributed by atoms with van der Waals surface area (Å²) in [6, 6.07) is 25.2. The second-order valence-electron chi connectivity index (χ2n) is 7.17. The molecule has 1 heterocycles. The van der Waals surface area contributed by atoms with Crippen LogP contribution in [0, 0.1) is 5.92 Å². The molecule has 5 heteroatoms. The minimum absolute atomic E-state index is 0.0114. The van der Waals surface area contributed by atoms with Gasteiger partial charge in [-0.3, -0.25) is 9.59 Å². The van der Waals surface area contributed by atoms with Crippen molar-refractivity contribution in [1.82, 2.24) is 0 Å². The van der Waals surface area contributed by atoms with E-state index < -0.39 is 0 Å². The first-order chi connectivity index (χ1) is 14.2. The first-order valence-electron chi connectivity index (χ1n) is 9.79. The normalized spacial score (nSPS) is 15.2. The van der Waals surface area contributed by atoms with Crippen LogP contribution in [0.1, 0.15) is 18.4 Å². The number of benzene rings is 3. The molecule has 0 fully saturated rings. The largest absolute Gasteiger partial charge is 0.354 e. The summed E-state index contributed by atoms with van der Waals surface area (Å²) in [6.45, 7) is 0. The molecule has 1 atom stereocenters. The summed E-state index contributed by atoms with van der Waals surface area (Å²) in [7, 11) is 0. The van der Waals surface area contributed by atoms with Crippen LogP contribution in [0.3, 0.4) is 0 Å². The van der Waals surface area contributed by atoms with Crippen LogP contribution in [0.2, 0.25) is 0 Å². The monoisotopic (exact) mass is 385 g/mol. The fraction of sp³-hybridized carbons (Fsp3) is 0.167. The molecule has 3 aromatic rings. The molecule has 1 aliphatic rings. The van der Waals surface area contributed by atoms with E-state index in [0.29, 0.717) is 19.3 Å². The van der Waals surface area contributed by atoms with Crippen LogP contribution < -0.4 is 16.0 Å². The highest BCUT2D eigenvalue weighted by atomic mass is 16.2. The van der Waals surface area contributed by atoms with Gasteiger partial charge in [-0.2, -0.15) is 0 Å². The van der Waals surface area contributed by atoms with Gasteiger partial charge < -0.3 is 16.0 Å². The quantitative estimate of drug-likeness (QED) is 0.562. The third kappa shape index (κ3) is 4.63. The average Bonchev–Trinajstić information content (AvgIpc) is 2.74. The van der Waals surface area contributed by atoms with Crippen molar-refractivity contribution in [3.8, 4) is 0 Å². The van der Waals surface area contributed by atoms with Gasteiger partial charge in [-0.05, 0) is 48.7 Å². The molecule has 4 rings (SSSR count). The number of nitrogens with one attached hydrogen (secondary N) is 3. The number of anilines is 4. The summed E-state index contributed by atoms with van der Waals surface area (Å²) in [5.74, 6) is -0.296. The Morgan fingerprint density at radius 1 is 0.897 bits per heavy atom. The molecule has 0 aromatic heterocycles. The number of amides is 2. The number of hydrogen-bond acceptors (Lipinski definition) is 3. The molecule has 1 aliphatic heterocycles. The van der Waals surface area contributed by atoms with Crippen LogP contribution in [0.4, 0.5) is 22.7 Å². The molecule has 0 aliphatic carbocycles. The van der Waals surface area contributed by atoms with E-state index in [1.165, 1.54) is 0 Å². The number of fused-ring (bicyclic) bond motifs is 1. The maximum Gasteiger partial charge on any atom is 0.227 e. The van der Waals surface area contributed by atoms with Gasteiger partial charge in [0.2, 0.25) is 11.8 Å². The topological polar surface area (TPSA) is 70.2 Å². The highest BCUT2D eigenvalue weighted by Gasteiger charge is 2.26. The number of carbonyl (C=O) groups excluding carboxylic acids is 2. The van der Waals surface area contributed by atoms with Gasteiger partial charge >= 0.3 is 0 Å². The molecule has 0 bridgehead atoms. The van der Waals surface area contributed by atoms with Crippen LogP contribution in [0.25, 0.3) is 0 Å². The van der Waals surface area contributed by atoms with Crippen molar-refractivity contribution in [3.63, 3.8) is 0 Å². The number of para-hydroxylation sites is 4. The zero-order valence-corrected chi connectivity index (χ0v) is 16.0. The number of hydrogen-bond donors (Lipinski definition) is 3. The predicted octanol–water partition coefficient (Wildman–Crippen LogP) is 4.96. The zero-order chi connectivity index (χ0) is 20.1. The van der Waals surface area contributed by atoms with Crippen LogP contribution in [-0.2, 0) is 16.0 Å². The summed E-state index contributed by atoms with van der Waals surface area (Å²) < 4.78 is 0. The molecule has 3 N–H and O–H groups in total. The van der Waals surface area contributed by atoms with E-state index in [9.17, 15) is 9.59 Å². The Hall–Kier alpha value is -3.60. The van der Waals surface area contributed by atoms with Gasteiger partial charge in [-0.1, -0.05) is 48.5 Å². The van der Waals surface area contributed by atoms with E-state index in [0.717, 1.165) is 28.3 Å². The van der Waals surface area contributed by atoms with Gasteiger partial charge in [-0.25, -0.2) is 0 Å². The minimum Gasteiger partial charge on any atom is -0.354 e. The van der Waals surface area contributed by atoms with Crippen molar-refractivity contribution >= 4 is 34.6 Å². The maximum atomic E-state index is 12.5. The van der Waals surface area contributed by atoms with Crippen molar-refractivity contribution in [2.45, 2.75) is 19.3 Å². The van der Waals surface area contributed by atoms with E-state index in [1.807, 2.05) is 78.9 Å². The van der Waals surface area contributed by atoms with E-state index in [2.05, 4.69) is 16.0 Å². The Bertz CT molecular complexity index is 1020. The summed E-state index contributed by atoms with van der Waals surface area (Å²) in [5.41, 5.74) is 4.50. The van der Waals surface area contributed by atoms with Gasteiger partial charge in [0.05, 0.1) is 11.4 Å². The standard InChI is InChI=1S/C24H23N3O2/c28-23(15-14-18-16-17-8-4-5-11-20(17)27-24(18)29)26-22-13-7-6-12-21(22)25-19-9-2-1-3-10-19/h1-13,18,25H,14-16H2,(H,26,28)(H,27,29). The SMILES string of the molecule is O=C(CCC1Cc2ccccc2NC1=O)Nc1ccccc1Nc1ccccc1. The molecule has 0 radical (unpaired) electrons. The van der Waals surface area contributed by atoms with Crippen molar-refractivity contribution < 1.29 is 9.59 Å². The molecule has 2 amide bonds. The molecular weight excluding hydrogens is 362 g/mol. The Labute approximate surface area is 170 Å². The minimum atomic E-state index is -0.187. The summed E-state index contributed by atoms with van der Waals surface area (Å²) >= 11 is 0. The number of rotatable bonds is 6. The molecular formula is C24H23N3O2. The highest BCUT2D eigenvalue weighted by molar-refractivity contribution is 5.97. The zero-order valence-electron chi connectivity index (χ0n) is 16.0. The van der Waals surface area contributed by atoms with Crippen LogP contribution in [0.15, 0.2) is 78.9 Å². The van der Waals surface area contributed by atoms with Gasteiger partial charge in [0.25, 0.3) is 0 Å². The summed E-state index contributed by atoms with van der Waals surface area (Å²) in [6.07, 6.45) is 1.47. The fourth-order valence-corrected chi connectivity index (χ4v) is 3.54. The molecule has 0 saturated heterocycles. The Kier molecular flexibility index (Phi) is 5.56. The average molecular weight is 385 g/mol. The second kappa shape index (κ2) is 8.61. The van der Waals surface area contributed by atoms with Crippen molar-refractivity contribution in [1.29, 1.82) is 0 Å². The maximum absolute atomic E-state index is 12.5. The third-order valence-corrected chi connectivity index (χ3v) is 5.09. The molecule has 5 nitrogen and oxygen atoms in total. The first kappa shape index (κ1) is 18.7. The predicted molar refractivity (Wildman–Crippen MR) is 116 cm³/mol. The molecule has 1 unspecified atom stereocenters. The van der Waals surface area contributed by atoms with E-state index in [1.54, 1.807) is 0 Å². The van der Waals surface area contributed by atoms with Crippen molar-refractivity contribution in [2.24, 2.45) is 5.92 Å². The van der Waals surface area contributed by atoms with E-state index in [-0.39, 0.29) is 17.7 Å². The van der Waals surface area contributed by atoms with Gasteiger partial charge in [0.1, 0.15) is 0 Å². The molecule has 29 heavy (non-hydrogen) atoms. The van der Waals surface area contributed by atoms with Crippen molar-refractivity contribution in [2.75, 3.05) is 16.0 Å². The molecule has 0 saturated carbocycles. The van der Waals surface area contributed by atoms with Crippen LogP contribution in [-0.4, -0.2) is 11.8 Å². The van der Waals surface area contributed by atoms with Crippen molar-refractivity contribution in [3.05, 3.63) is 84.4 Å². The third-order valence-electron chi connectivity index (χ3n) is 5.09. The van der Waals surface area contributed by atoms with Gasteiger partial charge in [-0.15, -0.1) is 0 Å². The van der Waals surface area contributed by atoms with Gasteiger partial charge in [0.15, 0.2) is 0 Å². The molecule has 0 spiro atoms. The highest BCUT2D eigenvalue weighted by Crippen LogP contribution is 2.28. The molecule has 146 valence electrons. The fourth-order valence-electron chi connectivity index (χ4n) is 3.54. The summed E-state index contributed by atoms with van der Waals surface area (Å²) in [4.78, 5) is 24.9. The first-order valence-corrected chi connectivity index (χ1v) is 9.79. The van der Waals surface area contributed by atoms with Gasteiger partial charge in [0, 0.05) is 23.7 Å². The Balaban J connectivity index is 1.36. The summed E-state index contributed by atoms with van der Waals surface area (Å²) in [5, 5.41) is 9.23. The Morgan fingerprint density at radius 2 is 1.59 bits per heavy atom. The lowest BCUT2D eigenvalue weighted by Crippen LogP contribution is -2.30. The van der Waals surface area contributed by atoms with Crippen LogP contribution in [0.5, 0.6) is 0 Å². The Morgan fingerprint density at radius 3 is 2.41 bits per heavy atom. The van der Waals surface area contributed by atoms with E-state index >= 15 is 0 Å². The number of carbonyl (C=O) groups is 2. The lowest BCUT2D eigenvalue weighted by Gasteiger charge is -2.24. The van der Waals surface area contributed by atoms with Crippen LogP contribution >= 0.6 is 0 Å². The van der Waals surface area contributed by atoms with E-state index in [4.69, 9.17) is 0 Å². The second-order valence-corrected chi connectivity index (χ2v) is 7.17. The molecule has 3 aromatic carbocycles.